The van der Waals surface area contributed by atoms with Gasteiger partial charge in [-0.2, -0.15) is 0 Å². The first kappa shape index (κ1) is 16.5. The van der Waals surface area contributed by atoms with Gasteiger partial charge in [0.15, 0.2) is 0 Å². The van der Waals surface area contributed by atoms with E-state index in [0.29, 0.717) is 0 Å². The lowest BCUT2D eigenvalue weighted by molar-refractivity contribution is 0.559. The van der Waals surface area contributed by atoms with Crippen molar-refractivity contribution in [1.82, 2.24) is 0 Å². The van der Waals surface area contributed by atoms with Gasteiger partial charge in [-0.15, -0.1) is 0 Å². The van der Waals surface area contributed by atoms with Crippen LogP contribution in [0.15, 0.2) is 91.0 Å². The number of allylic oxidation sites excluding steroid dienone is 1. The Kier molecular flexibility index (Phi) is 4.04. The van der Waals surface area contributed by atoms with Crippen LogP contribution in [-0.2, 0) is 0 Å². The SMILES string of the molecule is CC1=CC(C)(C)N(N(c2ccccc2)c2ccccc2)c2ccccc21. The van der Waals surface area contributed by atoms with E-state index in [1.54, 1.807) is 0 Å². The van der Waals surface area contributed by atoms with Crippen molar-refractivity contribution in [2.24, 2.45) is 0 Å². The second-order valence-corrected chi connectivity index (χ2v) is 7.29. The van der Waals surface area contributed by atoms with Crippen molar-refractivity contribution in [1.29, 1.82) is 0 Å². The summed E-state index contributed by atoms with van der Waals surface area (Å²) in [6, 6.07) is 29.8. The quantitative estimate of drug-likeness (QED) is 0.541. The predicted molar refractivity (Wildman–Crippen MR) is 112 cm³/mol. The molecule has 0 fully saturated rings. The highest BCUT2D eigenvalue weighted by atomic mass is 15.7. The lowest BCUT2D eigenvalue weighted by atomic mass is 9.90. The Morgan fingerprint density at radius 1 is 0.692 bits per heavy atom. The summed E-state index contributed by atoms with van der Waals surface area (Å²) in [5, 5.41) is 4.72. The van der Waals surface area contributed by atoms with Crippen LogP contribution in [0.5, 0.6) is 0 Å². The molecule has 0 unspecified atom stereocenters. The molecule has 2 nitrogen and oxygen atoms in total. The van der Waals surface area contributed by atoms with Crippen LogP contribution >= 0.6 is 0 Å². The third kappa shape index (κ3) is 2.78. The number of nitrogens with zero attached hydrogens (tertiary/aromatic N) is 2. The van der Waals surface area contributed by atoms with Crippen molar-refractivity contribution in [3.05, 3.63) is 96.6 Å². The Hall–Kier alpha value is -3.00. The maximum absolute atomic E-state index is 2.40. The molecule has 3 aromatic rings. The fourth-order valence-electron chi connectivity index (χ4n) is 3.85. The average Bonchev–Trinajstić information content (AvgIpc) is 2.66. The third-order valence-electron chi connectivity index (χ3n) is 4.87. The van der Waals surface area contributed by atoms with Gasteiger partial charge in [0.25, 0.3) is 0 Å². The number of hydrogen-bond acceptors (Lipinski definition) is 2. The van der Waals surface area contributed by atoms with Crippen LogP contribution in [0.2, 0.25) is 0 Å². The second-order valence-electron chi connectivity index (χ2n) is 7.29. The summed E-state index contributed by atoms with van der Waals surface area (Å²) in [7, 11) is 0. The summed E-state index contributed by atoms with van der Waals surface area (Å²) in [6.45, 7) is 6.74. The van der Waals surface area contributed by atoms with Crippen molar-refractivity contribution in [3.63, 3.8) is 0 Å². The van der Waals surface area contributed by atoms with Crippen LogP contribution in [-0.4, -0.2) is 5.54 Å². The molecule has 0 N–H and O–H groups in total. The highest BCUT2D eigenvalue weighted by molar-refractivity contribution is 5.84. The molecule has 0 radical (unpaired) electrons. The van der Waals surface area contributed by atoms with Gasteiger partial charge in [-0.1, -0.05) is 60.7 Å². The van der Waals surface area contributed by atoms with Gasteiger partial charge < -0.3 is 0 Å². The molecule has 1 aliphatic rings. The van der Waals surface area contributed by atoms with Gasteiger partial charge >= 0.3 is 0 Å². The number of anilines is 3. The summed E-state index contributed by atoms with van der Waals surface area (Å²) in [6.07, 6.45) is 2.36. The third-order valence-corrected chi connectivity index (χ3v) is 4.87. The van der Waals surface area contributed by atoms with Gasteiger partial charge in [-0.05, 0) is 56.7 Å². The minimum absolute atomic E-state index is 0.163. The summed E-state index contributed by atoms with van der Waals surface area (Å²) >= 11 is 0. The smallest absolute Gasteiger partial charge is 0.0748 e. The van der Waals surface area contributed by atoms with Gasteiger partial charge in [-0.25, -0.2) is 0 Å². The molecule has 0 saturated carbocycles. The van der Waals surface area contributed by atoms with Crippen LogP contribution in [0.3, 0.4) is 0 Å². The number of benzene rings is 3. The zero-order chi connectivity index (χ0) is 18.1. The zero-order valence-corrected chi connectivity index (χ0v) is 15.6. The number of hydrogen-bond donors (Lipinski definition) is 0. The zero-order valence-electron chi connectivity index (χ0n) is 15.6. The Bertz CT molecular complexity index is 887. The van der Waals surface area contributed by atoms with Crippen molar-refractivity contribution in [3.8, 4) is 0 Å². The van der Waals surface area contributed by atoms with Crippen LogP contribution < -0.4 is 10.0 Å². The molecule has 2 heteroatoms. The van der Waals surface area contributed by atoms with Crippen LogP contribution in [0, 0.1) is 0 Å². The van der Waals surface area contributed by atoms with E-state index in [9.17, 15) is 0 Å². The molecular weight excluding hydrogens is 316 g/mol. The lowest BCUT2D eigenvalue weighted by Gasteiger charge is -2.49. The van der Waals surface area contributed by atoms with Gasteiger partial charge in [0.2, 0.25) is 0 Å². The van der Waals surface area contributed by atoms with E-state index < -0.39 is 0 Å². The van der Waals surface area contributed by atoms with E-state index in [4.69, 9.17) is 0 Å². The van der Waals surface area contributed by atoms with E-state index in [2.05, 4.69) is 122 Å². The maximum Gasteiger partial charge on any atom is 0.0748 e. The Balaban J connectivity index is 1.96. The monoisotopic (exact) mass is 340 g/mol. The van der Waals surface area contributed by atoms with Gasteiger partial charge in [0.1, 0.15) is 0 Å². The number of hydrazine groups is 1. The molecule has 26 heavy (non-hydrogen) atoms. The minimum Gasteiger partial charge on any atom is -0.271 e. The van der Waals surface area contributed by atoms with E-state index in [0.717, 1.165) is 11.4 Å². The summed E-state index contributed by atoms with van der Waals surface area (Å²) in [5.74, 6) is 0. The average molecular weight is 340 g/mol. The maximum atomic E-state index is 2.40. The Labute approximate surface area is 156 Å². The first-order valence-electron chi connectivity index (χ1n) is 9.07. The fourth-order valence-corrected chi connectivity index (χ4v) is 3.85. The van der Waals surface area contributed by atoms with Gasteiger partial charge in [0, 0.05) is 5.56 Å². The van der Waals surface area contributed by atoms with Crippen LogP contribution in [0.4, 0.5) is 17.1 Å². The number of para-hydroxylation sites is 3. The molecule has 0 atom stereocenters. The summed E-state index contributed by atoms with van der Waals surface area (Å²) in [4.78, 5) is 0. The topological polar surface area (TPSA) is 6.48 Å². The largest absolute Gasteiger partial charge is 0.271 e. The molecule has 0 aromatic heterocycles. The number of fused-ring (bicyclic) bond motifs is 1. The normalized spacial score (nSPS) is 15.2. The van der Waals surface area contributed by atoms with Gasteiger partial charge in [0.05, 0.1) is 22.6 Å². The molecule has 0 aliphatic carbocycles. The van der Waals surface area contributed by atoms with Gasteiger partial charge in [-0.3, -0.25) is 10.0 Å². The van der Waals surface area contributed by atoms with Crippen LogP contribution in [0.1, 0.15) is 26.3 Å². The molecule has 1 aliphatic heterocycles. The van der Waals surface area contributed by atoms with E-state index in [1.807, 2.05) is 0 Å². The van der Waals surface area contributed by atoms with Crippen molar-refractivity contribution >= 4 is 22.6 Å². The Morgan fingerprint density at radius 2 is 1.19 bits per heavy atom. The van der Waals surface area contributed by atoms with E-state index >= 15 is 0 Å². The Morgan fingerprint density at radius 3 is 1.77 bits per heavy atom. The van der Waals surface area contributed by atoms with E-state index in [-0.39, 0.29) is 5.54 Å². The second kappa shape index (κ2) is 6.38. The molecule has 0 saturated heterocycles. The standard InChI is InChI=1S/C24H24N2/c1-19-18-24(2,3)26(23-17-11-10-16-22(19)23)25(20-12-6-4-7-13-20)21-14-8-5-9-15-21/h4-18H,1-3H3. The molecule has 130 valence electrons. The van der Waals surface area contributed by atoms with E-state index in [1.165, 1.54) is 16.8 Å². The minimum atomic E-state index is -0.163. The molecule has 1 heterocycles. The lowest BCUT2D eigenvalue weighted by Crippen LogP contribution is -2.54. The summed E-state index contributed by atoms with van der Waals surface area (Å²) < 4.78 is 0. The molecule has 4 rings (SSSR count). The predicted octanol–water partition coefficient (Wildman–Crippen LogP) is 6.44. The highest BCUT2D eigenvalue weighted by Crippen LogP contribution is 2.43. The van der Waals surface area contributed by atoms with Crippen molar-refractivity contribution < 1.29 is 0 Å². The number of rotatable bonds is 3. The summed E-state index contributed by atoms with van der Waals surface area (Å²) in [5.41, 5.74) is 5.96. The highest BCUT2D eigenvalue weighted by Gasteiger charge is 2.36. The first-order valence-corrected chi connectivity index (χ1v) is 9.07. The van der Waals surface area contributed by atoms with Crippen molar-refractivity contribution in [2.75, 3.05) is 10.0 Å². The fraction of sp³-hybridized carbons (Fsp3) is 0.167. The first-order chi connectivity index (χ1) is 12.6. The molecular formula is C24H24N2. The molecule has 3 aromatic carbocycles. The van der Waals surface area contributed by atoms with Crippen LogP contribution in [0.25, 0.3) is 5.57 Å². The molecule has 0 amide bonds. The van der Waals surface area contributed by atoms with Crippen molar-refractivity contribution in [2.45, 2.75) is 26.3 Å². The molecule has 0 spiro atoms. The molecule has 0 bridgehead atoms.